The zero-order valence-corrected chi connectivity index (χ0v) is 8.55. The van der Waals surface area contributed by atoms with Crippen molar-refractivity contribution in [1.29, 1.82) is 0 Å². The van der Waals surface area contributed by atoms with Crippen LogP contribution in [0.1, 0.15) is 33.1 Å². The third-order valence-electron chi connectivity index (χ3n) is 2.43. The molecule has 0 spiro atoms. The summed E-state index contributed by atoms with van der Waals surface area (Å²) in [6.45, 7) is 5.10. The third-order valence-corrected chi connectivity index (χ3v) is 2.43. The highest BCUT2D eigenvalue weighted by atomic mass is 16.1. The van der Waals surface area contributed by atoms with Gasteiger partial charge in [0.2, 0.25) is 5.91 Å². The topological polar surface area (TPSA) is 29.1 Å². The van der Waals surface area contributed by atoms with Crippen LogP contribution >= 0.6 is 0 Å². The average Bonchev–Trinajstić information content (AvgIpc) is 2.08. The zero-order chi connectivity index (χ0) is 9.68. The van der Waals surface area contributed by atoms with Crippen LogP contribution in [-0.2, 0) is 4.79 Å². The molecule has 0 aromatic rings. The molecule has 1 amide bonds. The van der Waals surface area contributed by atoms with Crippen molar-refractivity contribution in [2.24, 2.45) is 11.8 Å². The van der Waals surface area contributed by atoms with Crippen LogP contribution in [0.2, 0.25) is 0 Å². The average molecular weight is 181 g/mol. The van der Waals surface area contributed by atoms with E-state index in [1.54, 1.807) is 0 Å². The fourth-order valence-electron chi connectivity index (χ4n) is 1.50. The molecule has 0 bridgehead atoms. The van der Waals surface area contributed by atoms with Crippen molar-refractivity contribution in [3.63, 3.8) is 0 Å². The van der Waals surface area contributed by atoms with Crippen LogP contribution in [0.3, 0.4) is 0 Å². The van der Waals surface area contributed by atoms with E-state index < -0.39 is 0 Å². The molecule has 1 aliphatic rings. The Balaban J connectivity index is 2.49. The number of carbonyl (C=O) groups is 1. The summed E-state index contributed by atoms with van der Waals surface area (Å²) in [6, 6.07) is 0. The molecule has 1 N–H and O–H groups in total. The van der Waals surface area contributed by atoms with Crippen molar-refractivity contribution in [3.05, 3.63) is 12.2 Å². The lowest BCUT2D eigenvalue weighted by Crippen LogP contribution is -2.29. The van der Waals surface area contributed by atoms with Gasteiger partial charge < -0.3 is 5.32 Å². The fraction of sp³-hybridized carbons (Fsp3) is 0.727. The Labute approximate surface area is 80.4 Å². The molecule has 2 nitrogen and oxygen atoms in total. The quantitative estimate of drug-likeness (QED) is 0.570. The van der Waals surface area contributed by atoms with Crippen LogP contribution in [-0.4, -0.2) is 12.5 Å². The number of hydrogen-bond acceptors (Lipinski definition) is 1. The van der Waals surface area contributed by atoms with Gasteiger partial charge in [-0.3, -0.25) is 4.79 Å². The first kappa shape index (κ1) is 10.3. The molecule has 2 heteroatoms. The van der Waals surface area contributed by atoms with E-state index in [1.165, 1.54) is 0 Å². The van der Waals surface area contributed by atoms with E-state index in [0.29, 0.717) is 18.3 Å². The number of nitrogens with one attached hydrogen (secondary N) is 1. The molecule has 2 unspecified atom stereocenters. The summed E-state index contributed by atoms with van der Waals surface area (Å²) < 4.78 is 0. The normalized spacial score (nSPS) is 33.5. The number of rotatable bonds is 0. The summed E-state index contributed by atoms with van der Waals surface area (Å²) in [6.07, 6.45) is 7.21. The molecular formula is C11H19NO. The van der Waals surface area contributed by atoms with Gasteiger partial charge in [0.15, 0.2) is 0 Å². The van der Waals surface area contributed by atoms with Crippen LogP contribution < -0.4 is 5.32 Å². The van der Waals surface area contributed by atoms with Crippen LogP contribution in [0, 0.1) is 11.8 Å². The lowest BCUT2D eigenvalue weighted by atomic mass is 10.00. The van der Waals surface area contributed by atoms with Gasteiger partial charge in [-0.25, -0.2) is 0 Å². The Morgan fingerprint density at radius 1 is 1.23 bits per heavy atom. The van der Waals surface area contributed by atoms with Gasteiger partial charge in [0.25, 0.3) is 0 Å². The highest BCUT2D eigenvalue weighted by Crippen LogP contribution is 2.11. The van der Waals surface area contributed by atoms with Crippen molar-refractivity contribution in [2.45, 2.75) is 33.1 Å². The molecule has 1 aliphatic heterocycles. The molecular weight excluding hydrogens is 162 g/mol. The van der Waals surface area contributed by atoms with Gasteiger partial charge in [0.05, 0.1) is 0 Å². The van der Waals surface area contributed by atoms with Crippen molar-refractivity contribution >= 4 is 5.91 Å². The van der Waals surface area contributed by atoms with Gasteiger partial charge >= 0.3 is 0 Å². The smallest absolute Gasteiger partial charge is 0.220 e. The standard InChI is InChI=1S/C11H19NO/c1-9-5-3-4-6-10(2)8-12-11(13)7-9/h3-4,9-10H,5-8H2,1-2H3,(H,12,13)/b4-3-. The van der Waals surface area contributed by atoms with E-state index in [-0.39, 0.29) is 5.91 Å². The van der Waals surface area contributed by atoms with Gasteiger partial charge in [-0.05, 0) is 24.7 Å². The number of hydrogen-bond donors (Lipinski definition) is 1. The van der Waals surface area contributed by atoms with E-state index in [1.807, 2.05) is 0 Å². The minimum Gasteiger partial charge on any atom is -0.356 e. The van der Waals surface area contributed by atoms with E-state index >= 15 is 0 Å². The molecule has 0 radical (unpaired) electrons. The van der Waals surface area contributed by atoms with Gasteiger partial charge in [-0.1, -0.05) is 26.0 Å². The minimum absolute atomic E-state index is 0.203. The predicted octanol–water partition coefficient (Wildman–Crippen LogP) is 2.11. The molecule has 0 fully saturated rings. The SMILES string of the molecule is CC1C/C=C\CC(C)CC(=O)NC1. The highest BCUT2D eigenvalue weighted by molar-refractivity contribution is 5.76. The largest absolute Gasteiger partial charge is 0.356 e. The molecule has 2 atom stereocenters. The first-order valence-electron chi connectivity index (χ1n) is 5.10. The molecule has 0 aromatic carbocycles. The van der Waals surface area contributed by atoms with Gasteiger partial charge in [0.1, 0.15) is 0 Å². The summed E-state index contributed by atoms with van der Waals surface area (Å²) in [5.41, 5.74) is 0. The minimum atomic E-state index is 0.203. The Hall–Kier alpha value is -0.790. The lowest BCUT2D eigenvalue weighted by molar-refractivity contribution is -0.122. The Morgan fingerprint density at radius 2 is 1.85 bits per heavy atom. The fourth-order valence-corrected chi connectivity index (χ4v) is 1.50. The molecule has 1 heterocycles. The predicted molar refractivity (Wildman–Crippen MR) is 54.3 cm³/mol. The Bertz CT molecular complexity index is 198. The van der Waals surface area contributed by atoms with E-state index in [9.17, 15) is 4.79 Å². The van der Waals surface area contributed by atoms with Gasteiger partial charge in [-0.15, -0.1) is 0 Å². The third kappa shape index (κ3) is 4.11. The number of carbonyl (C=O) groups excluding carboxylic acids is 1. The summed E-state index contributed by atoms with van der Waals surface area (Å²) in [5, 5.41) is 2.96. The number of allylic oxidation sites excluding steroid dienone is 2. The first-order chi connectivity index (χ1) is 6.18. The van der Waals surface area contributed by atoms with Gasteiger partial charge in [0, 0.05) is 13.0 Å². The van der Waals surface area contributed by atoms with Crippen LogP contribution in [0.4, 0.5) is 0 Å². The molecule has 13 heavy (non-hydrogen) atoms. The lowest BCUT2D eigenvalue weighted by Gasteiger charge is -2.14. The maximum absolute atomic E-state index is 11.3. The summed E-state index contributed by atoms with van der Waals surface area (Å²) >= 11 is 0. The van der Waals surface area contributed by atoms with E-state index in [4.69, 9.17) is 0 Å². The Kier molecular flexibility index (Phi) is 4.00. The van der Waals surface area contributed by atoms with Crippen LogP contribution in [0.15, 0.2) is 12.2 Å². The second kappa shape index (κ2) is 5.05. The van der Waals surface area contributed by atoms with Crippen molar-refractivity contribution < 1.29 is 4.79 Å². The maximum atomic E-state index is 11.3. The number of amides is 1. The van der Waals surface area contributed by atoms with Crippen LogP contribution in [0.25, 0.3) is 0 Å². The molecule has 0 aromatic heterocycles. The zero-order valence-electron chi connectivity index (χ0n) is 8.55. The molecule has 0 saturated carbocycles. The Morgan fingerprint density at radius 3 is 2.54 bits per heavy atom. The van der Waals surface area contributed by atoms with E-state index in [0.717, 1.165) is 19.4 Å². The van der Waals surface area contributed by atoms with E-state index in [2.05, 4.69) is 31.3 Å². The summed E-state index contributed by atoms with van der Waals surface area (Å²) in [4.78, 5) is 11.3. The second-order valence-corrected chi connectivity index (χ2v) is 4.16. The molecule has 74 valence electrons. The highest BCUT2D eigenvalue weighted by Gasteiger charge is 2.10. The van der Waals surface area contributed by atoms with Crippen molar-refractivity contribution in [2.75, 3.05) is 6.54 Å². The summed E-state index contributed by atoms with van der Waals surface area (Å²) in [7, 11) is 0. The monoisotopic (exact) mass is 181 g/mol. The maximum Gasteiger partial charge on any atom is 0.220 e. The van der Waals surface area contributed by atoms with Gasteiger partial charge in [-0.2, -0.15) is 0 Å². The summed E-state index contributed by atoms with van der Waals surface area (Å²) in [5.74, 6) is 1.24. The molecule has 0 saturated heterocycles. The second-order valence-electron chi connectivity index (χ2n) is 4.16. The van der Waals surface area contributed by atoms with Crippen molar-refractivity contribution in [1.82, 2.24) is 5.32 Å². The molecule has 1 rings (SSSR count). The molecule has 0 aliphatic carbocycles. The van der Waals surface area contributed by atoms with Crippen molar-refractivity contribution in [3.8, 4) is 0 Å². The first-order valence-corrected chi connectivity index (χ1v) is 5.10. The van der Waals surface area contributed by atoms with Crippen LogP contribution in [0.5, 0.6) is 0 Å².